The van der Waals surface area contributed by atoms with Crippen molar-refractivity contribution in [3.05, 3.63) is 65.2 Å². The van der Waals surface area contributed by atoms with Crippen molar-refractivity contribution in [1.29, 1.82) is 0 Å². The molecule has 2 aliphatic rings. The number of rotatable bonds is 2. The molecular weight excluding hydrogens is 392 g/mol. The average Bonchev–Trinajstić information content (AvgIpc) is 2.98. The SMILES string of the molecule is O=C1CC(C(=O)N2CCCN(C(=O)c3ccccc3F)CC2)c2ccc(F)cc2N1. The topological polar surface area (TPSA) is 69.7 Å². The molecule has 2 aromatic carbocycles. The monoisotopic (exact) mass is 413 g/mol. The van der Waals surface area contributed by atoms with Gasteiger partial charge in [-0.2, -0.15) is 0 Å². The molecule has 0 spiro atoms. The molecule has 6 nitrogen and oxygen atoms in total. The smallest absolute Gasteiger partial charge is 0.256 e. The van der Waals surface area contributed by atoms with Crippen LogP contribution < -0.4 is 5.32 Å². The fourth-order valence-electron chi connectivity index (χ4n) is 4.02. The lowest BCUT2D eigenvalue weighted by atomic mass is 9.89. The van der Waals surface area contributed by atoms with Gasteiger partial charge in [0.25, 0.3) is 5.91 Å². The van der Waals surface area contributed by atoms with Gasteiger partial charge in [0.1, 0.15) is 11.6 Å². The van der Waals surface area contributed by atoms with Gasteiger partial charge in [0, 0.05) is 38.3 Å². The summed E-state index contributed by atoms with van der Waals surface area (Å²) in [5.74, 6) is -2.71. The summed E-state index contributed by atoms with van der Waals surface area (Å²) in [6, 6.07) is 9.84. The Morgan fingerprint density at radius 1 is 0.967 bits per heavy atom. The zero-order valence-electron chi connectivity index (χ0n) is 16.2. The molecule has 1 unspecified atom stereocenters. The van der Waals surface area contributed by atoms with E-state index in [1.807, 2.05) is 0 Å². The van der Waals surface area contributed by atoms with Gasteiger partial charge >= 0.3 is 0 Å². The van der Waals surface area contributed by atoms with Crippen LogP contribution in [0.5, 0.6) is 0 Å². The summed E-state index contributed by atoms with van der Waals surface area (Å²) < 4.78 is 27.5. The standard InChI is InChI=1S/C22H21F2N3O3/c23-14-6-7-15-17(13-20(28)25-19(15)12-14)22(30)27-9-3-8-26(10-11-27)21(29)16-4-1-2-5-18(16)24/h1-2,4-7,12,17H,3,8-11,13H2,(H,25,28). The molecule has 0 bridgehead atoms. The number of carbonyl (C=O) groups is 3. The van der Waals surface area contributed by atoms with Gasteiger partial charge in [-0.1, -0.05) is 18.2 Å². The van der Waals surface area contributed by atoms with Crippen LogP contribution in [0.25, 0.3) is 0 Å². The molecule has 1 atom stereocenters. The van der Waals surface area contributed by atoms with Crippen molar-refractivity contribution < 1.29 is 23.2 Å². The Labute approximate surface area is 172 Å². The third-order valence-corrected chi connectivity index (χ3v) is 5.55. The quantitative estimate of drug-likeness (QED) is 0.823. The van der Waals surface area contributed by atoms with Crippen molar-refractivity contribution >= 4 is 23.4 Å². The first kappa shape index (κ1) is 20.0. The lowest BCUT2D eigenvalue weighted by Crippen LogP contribution is -2.41. The maximum atomic E-state index is 14.0. The lowest BCUT2D eigenvalue weighted by Gasteiger charge is -2.30. The van der Waals surface area contributed by atoms with Crippen molar-refractivity contribution in [2.24, 2.45) is 0 Å². The number of hydrogen-bond acceptors (Lipinski definition) is 3. The van der Waals surface area contributed by atoms with Gasteiger partial charge in [-0.25, -0.2) is 8.78 Å². The maximum absolute atomic E-state index is 14.0. The van der Waals surface area contributed by atoms with Gasteiger partial charge in [-0.15, -0.1) is 0 Å². The number of benzene rings is 2. The molecule has 0 aromatic heterocycles. The fourth-order valence-corrected chi connectivity index (χ4v) is 4.02. The molecule has 30 heavy (non-hydrogen) atoms. The highest BCUT2D eigenvalue weighted by molar-refractivity contribution is 6.01. The van der Waals surface area contributed by atoms with Crippen molar-refractivity contribution in [3.63, 3.8) is 0 Å². The average molecular weight is 413 g/mol. The van der Waals surface area contributed by atoms with E-state index in [-0.39, 0.29) is 36.9 Å². The molecule has 0 saturated carbocycles. The molecule has 4 rings (SSSR count). The molecule has 8 heteroatoms. The lowest BCUT2D eigenvalue weighted by molar-refractivity contribution is -0.134. The Balaban J connectivity index is 1.49. The largest absolute Gasteiger partial charge is 0.340 e. The number of nitrogens with zero attached hydrogens (tertiary/aromatic N) is 2. The second-order valence-electron chi connectivity index (χ2n) is 7.49. The summed E-state index contributed by atoms with van der Waals surface area (Å²) in [6.07, 6.45) is 0.535. The number of anilines is 1. The van der Waals surface area contributed by atoms with Crippen LogP contribution in [0.1, 0.15) is 34.7 Å². The molecule has 2 heterocycles. The number of halogens is 2. The van der Waals surface area contributed by atoms with E-state index >= 15 is 0 Å². The molecular formula is C22H21F2N3O3. The van der Waals surface area contributed by atoms with Gasteiger partial charge in [-0.3, -0.25) is 14.4 Å². The van der Waals surface area contributed by atoms with Gasteiger partial charge in [0.15, 0.2) is 0 Å². The third kappa shape index (κ3) is 3.90. The van der Waals surface area contributed by atoms with Crippen molar-refractivity contribution in [2.75, 3.05) is 31.5 Å². The molecule has 3 amide bonds. The van der Waals surface area contributed by atoms with Gasteiger partial charge < -0.3 is 15.1 Å². The Bertz CT molecular complexity index is 1010. The number of nitrogens with one attached hydrogen (secondary N) is 1. The second kappa shape index (κ2) is 8.22. The van der Waals surface area contributed by atoms with Crippen LogP contribution in [0.3, 0.4) is 0 Å². The van der Waals surface area contributed by atoms with E-state index in [1.54, 1.807) is 15.9 Å². The minimum absolute atomic E-state index is 0.00810. The highest BCUT2D eigenvalue weighted by atomic mass is 19.1. The van der Waals surface area contributed by atoms with Crippen LogP contribution >= 0.6 is 0 Å². The molecule has 0 aliphatic carbocycles. The molecule has 2 aromatic rings. The normalized spacial score (nSPS) is 19.0. The van der Waals surface area contributed by atoms with Crippen LogP contribution in [0, 0.1) is 11.6 Å². The number of fused-ring (bicyclic) bond motifs is 1. The predicted molar refractivity (Wildman–Crippen MR) is 106 cm³/mol. The summed E-state index contributed by atoms with van der Waals surface area (Å²) in [6.45, 7) is 1.39. The Hall–Kier alpha value is -3.29. The minimum Gasteiger partial charge on any atom is -0.340 e. The number of amides is 3. The maximum Gasteiger partial charge on any atom is 0.256 e. The second-order valence-corrected chi connectivity index (χ2v) is 7.49. The van der Waals surface area contributed by atoms with Crippen LogP contribution in [-0.2, 0) is 9.59 Å². The Morgan fingerprint density at radius 2 is 1.70 bits per heavy atom. The highest BCUT2D eigenvalue weighted by Crippen LogP contribution is 2.34. The van der Waals surface area contributed by atoms with E-state index in [2.05, 4.69) is 5.32 Å². The first-order valence-corrected chi connectivity index (χ1v) is 9.86. The van der Waals surface area contributed by atoms with Gasteiger partial charge in [0.05, 0.1) is 11.5 Å². The third-order valence-electron chi connectivity index (χ3n) is 5.55. The van der Waals surface area contributed by atoms with Crippen LogP contribution in [0.15, 0.2) is 42.5 Å². The summed E-state index contributed by atoms with van der Waals surface area (Å²) >= 11 is 0. The van der Waals surface area contributed by atoms with E-state index in [0.29, 0.717) is 30.8 Å². The zero-order valence-corrected chi connectivity index (χ0v) is 16.2. The molecule has 2 aliphatic heterocycles. The summed E-state index contributed by atoms with van der Waals surface area (Å²) in [4.78, 5) is 41.1. The zero-order chi connectivity index (χ0) is 21.3. The van der Waals surface area contributed by atoms with Crippen molar-refractivity contribution in [1.82, 2.24) is 9.80 Å². The van der Waals surface area contributed by atoms with Crippen LogP contribution in [0.4, 0.5) is 14.5 Å². The molecule has 1 N–H and O–H groups in total. The van der Waals surface area contributed by atoms with Gasteiger partial charge in [0.2, 0.25) is 11.8 Å². The predicted octanol–water partition coefficient (Wildman–Crippen LogP) is 2.77. The number of carbonyl (C=O) groups excluding carboxylic acids is 3. The summed E-state index contributed by atoms with van der Waals surface area (Å²) in [7, 11) is 0. The van der Waals surface area contributed by atoms with E-state index in [0.717, 1.165) is 0 Å². The van der Waals surface area contributed by atoms with E-state index < -0.39 is 23.5 Å². The summed E-state index contributed by atoms with van der Waals surface area (Å²) in [5.41, 5.74) is 0.914. The first-order chi connectivity index (χ1) is 14.4. The molecule has 1 fully saturated rings. The van der Waals surface area contributed by atoms with Crippen molar-refractivity contribution in [2.45, 2.75) is 18.8 Å². The van der Waals surface area contributed by atoms with Gasteiger partial charge in [-0.05, 0) is 36.2 Å². The van der Waals surface area contributed by atoms with E-state index in [9.17, 15) is 23.2 Å². The fraction of sp³-hybridized carbons (Fsp3) is 0.318. The van der Waals surface area contributed by atoms with E-state index in [4.69, 9.17) is 0 Å². The molecule has 1 saturated heterocycles. The summed E-state index contributed by atoms with van der Waals surface area (Å²) in [5, 5.41) is 2.61. The van der Waals surface area contributed by atoms with Crippen LogP contribution in [0.2, 0.25) is 0 Å². The first-order valence-electron chi connectivity index (χ1n) is 9.86. The number of hydrogen-bond donors (Lipinski definition) is 1. The Kier molecular flexibility index (Phi) is 5.48. The van der Waals surface area contributed by atoms with Crippen LogP contribution in [-0.4, -0.2) is 53.7 Å². The molecule has 0 radical (unpaired) electrons. The molecule has 156 valence electrons. The Morgan fingerprint density at radius 3 is 2.50 bits per heavy atom. The highest BCUT2D eigenvalue weighted by Gasteiger charge is 2.34. The minimum atomic E-state index is -0.692. The van der Waals surface area contributed by atoms with Crippen molar-refractivity contribution in [3.8, 4) is 0 Å². The van der Waals surface area contributed by atoms with E-state index in [1.165, 1.54) is 36.4 Å².